The number of fused-ring (bicyclic) bond motifs is 1. The number of sulfonamides is 1. The molecule has 0 fully saturated rings. The number of ether oxygens (including phenoxy) is 3. The van der Waals surface area contributed by atoms with E-state index < -0.39 is 15.9 Å². The van der Waals surface area contributed by atoms with Crippen LogP contribution >= 0.6 is 0 Å². The molecule has 1 aliphatic heterocycles. The lowest BCUT2D eigenvalue weighted by atomic mass is 10.0. The molecule has 0 aliphatic carbocycles. The van der Waals surface area contributed by atoms with Gasteiger partial charge in [-0.25, -0.2) is 8.42 Å². The third-order valence-electron chi connectivity index (χ3n) is 5.08. The van der Waals surface area contributed by atoms with E-state index in [2.05, 4.69) is 5.32 Å². The van der Waals surface area contributed by atoms with Crippen molar-refractivity contribution in [3.63, 3.8) is 0 Å². The molecular formula is C21H26N2O6S. The number of hydrogen-bond donors (Lipinski definition) is 1. The number of carbonyl (C=O) groups excluding carboxylic acids is 1. The van der Waals surface area contributed by atoms with Gasteiger partial charge in [-0.05, 0) is 41.8 Å². The molecule has 0 atom stereocenters. The van der Waals surface area contributed by atoms with E-state index in [9.17, 15) is 13.2 Å². The second kappa shape index (κ2) is 9.36. The van der Waals surface area contributed by atoms with Gasteiger partial charge in [0.25, 0.3) is 5.91 Å². The van der Waals surface area contributed by atoms with Gasteiger partial charge in [0.05, 0.1) is 27.1 Å². The Kier molecular flexibility index (Phi) is 6.84. The van der Waals surface area contributed by atoms with E-state index in [0.29, 0.717) is 31.0 Å². The van der Waals surface area contributed by atoms with Crippen molar-refractivity contribution in [1.29, 1.82) is 0 Å². The maximum Gasteiger partial charge on any atom is 0.258 e. The zero-order valence-corrected chi connectivity index (χ0v) is 18.1. The molecule has 0 saturated carbocycles. The van der Waals surface area contributed by atoms with Gasteiger partial charge >= 0.3 is 0 Å². The van der Waals surface area contributed by atoms with Crippen LogP contribution in [0, 0.1) is 0 Å². The summed E-state index contributed by atoms with van der Waals surface area (Å²) in [5, 5.41) is 2.66. The molecule has 162 valence electrons. The lowest BCUT2D eigenvalue weighted by molar-refractivity contribution is 0.0950. The number of carbonyl (C=O) groups is 1. The van der Waals surface area contributed by atoms with Gasteiger partial charge in [0, 0.05) is 19.6 Å². The lowest BCUT2D eigenvalue weighted by Crippen LogP contribution is -2.40. The van der Waals surface area contributed by atoms with Crippen molar-refractivity contribution in [2.45, 2.75) is 13.0 Å². The molecule has 1 amide bonds. The SMILES string of the molecule is COc1ccc2c(c1)CCN(S(=O)(=O)CCNC(=O)c1c(OC)cccc1OC)C2. The maximum absolute atomic E-state index is 12.8. The molecule has 0 bridgehead atoms. The van der Waals surface area contributed by atoms with Crippen molar-refractivity contribution in [2.24, 2.45) is 0 Å². The first kappa shape index (κ1) is 21.9. The molecular weight excluding hydrogens is 408 g/mol. The van der Waals surface area contributed by atoms with E-state index >= 15 is 0 Å². The Morgan fingerprint density at radius 2 is 1.73 bits per heavy atom. The Bertz CT molecular complexity index is 1000. The van der Waals surface area contributed by atoms with E-state index in [-0.39, 0.29) is 17.9 Å². The monoisotopic (exact) mass is 434 g/mol. The highest BCUT2D eigenvalue weighted by molar-refractivity contribution is 7.89. The molecule has 0 spiro atoms. The van der Waals surface area contributed by atoms with Gasteiger partial charge in [-0.3, -0.25) is 4.79 Å². The summed E-state index contributed by atoms with van der Waals surface area (Å²) in [5.74, 6) is 0.840. The quantitative estimate of drug-likeness (QED) is 0.681. The Labute approximate surface area is 176 Å². The summed E-state index contributed by atoms with van der Waals surface area (Å²) < 4.78 is 42.7. The van der Waals surface area contributed by atoms with Crippen molar-refractivity contribution >= 4 is 15.9 Å². The molecule has 1 heterocycles. The third-order valence-corrected chi connectivity index (χ3v) is 6.90. The van der Waals surface area contributed by atoms with Gasteiger partial charge in [-0.2, -0.15) is 4.31 Å². The summed E-state index contributed by atoms with van der Waals surface area (Å²) in [6.45, 7) is 0.695. The summed E-state index contributed by atoms with van der Waals surface area (Å²) in [7, 11) is 0.998. The fourth-order valence-corrected chi connectivity index (χ4v) is 4.78. The van der Waals surface area contributed by atoms with Crippen LogP contribution in [0.4, 0.5) is 0 Å². The van der Waals surface area contributed by atoms with E-state index in [4.69, 9.17) is 14.2 Å². The fraction of sp³-hybridized carbons (Fsp3) is 0.381. The third kappa shape index (κ3) is 4.68. The molecule has 0 aromatic heterocycles. The second-order valence-electron chi connectivity index (χ2n) is 6.83. The van der Waals surface area contributed by atoms with Crippen LogP contribution in [0.25, 0.3) is 0 Å². The number of hydrogen-bond acceptors (Lipinski definition) is 6. The predicted molar refractivity (Wildman–Crippen MR) is 113 cm³/mol. The van der Waals surface area contributed by atoms with E-state index in [1.165, 1.54) is 18.5 Å². The fourth-order valence-electron chi connectivity index (χ4n) is 3.45. The number of nitrogens with zero attached hydrogens (tertiary/aromatic N) is 1. The van der Waals surface area contributed by atoms with Gasteiger partial charge in [0.15, 0.2) is 0 Å². The summed E-state index contributed by atoms with van der Waals surface area (Å²) in [6.07, 6.45) is 0.622. The van der Waals surface area contributed by atoms with Crippen LogP contribution in [0.2, 0.25) is 0 Å². The number of nitrogens with one attached hydrogen (secondary N) is 1. The normalized spacial score (nSPS) is 14.0. The highest BCUT2D eigenvalue weighted by Gasteiger charge is 2.27. The second-order valence-corrected chi connectivity index (χ2v) is 8.92. The molecule has 2 aromatic rings. The summed E-state index contributed by atoms with van der Waals surface area (Å²) >= 11 is 0. The van der Waals surface area contributed by atoms with Crippen LogP contribution in [-0.4, -0.2) is 58.8 Å². The molecule has 9 heteroatoms. The first-order chi connectivity index (χ1) is 14.4. The average molecular weight is 435 g/mol. The van der Waals surface area contributed by atoms with E-state index in [1.807, 2.05) is 18.2 Å². The Hall–Kier alpha value is -2.78. The minimum absolute atomic E-state index is 0.0195. The molecule has 0 saturated heterocycles. The minimum Gasteiger partial charge on any atom is -0.497 e. The standard InChI is InChI=1S/C21H26N2O6S/c1-27-17-8-7-16-14-23(11-9-15(16)13-17)30(25,26)12-10-22-21(24)20-18(28-2)5-4-6-19(20)29-3/h4-8,13H,9-12,14H2,1-3H3,(H,22,24). The van der Waals surface area contributed by atoms with Gasteiger partial charge in [-0.15, -0.1) is 0 Å². The van der Waals surface area contributed by atoms with Gasteiger partial charge in [0.1, 0.15) is 22.8 Å². The van der Waals surface area contributed by atoms with Crippen molar-refractivity contribution in [3.05, 3.63) is 53.1 Å². The topological polar surface area (TPSA) is 94.2 Å². The first-order valence-electron chi connectivity index (χ1n) is 9.52. The highest BCUT2D eigenvalue weighted by atomic mass is 32.2. The number of methoxy groups -OCH3 is 3. The molecule has 1 aliphatic rings. The Morgan fingerprint density at radius 3 is 2.37 bits per heavy atom. The molecule has 2 aromatic carbocycles. The van der Waals surface area contributed by atoms with Gasteiger partial charge < -0.3 is 19.5 Å². The molecule has 3 rings (SSSR count). The van der Waals surface area contributed by atoms with Crippen molar-refractivity contribution < 1.29 is 27.4 Å². The summed E-state index contributed by atoms with van der Waals surface area (Å²) in [5.41, 5.74) is 2.30. The van der Waals surface area contributed by atoms with Crippen molar-refractivity contribution in [1.82, 2.24) is 9.62 Å². The van der Waals surface area contributed by atoms with E-state index in [1.54, 1.807) is 25.3 Å². The zero-order valence-electron chi connectivity index (χ0n) is 17.3. The van der Waals surface area contributed by atoms with Crippen molar-refractivity contribution in [2.75, 3.05) is 40.2 Å². The van der Waals surface area contributed by atoms with E-state index in [0.717, 1.165) is 16.9 Å². The lowest BCUT2D eigenvalue weighted by Gasteiger charge is -2.28. The summed E-state index contributed by atoms with van der Waals surface area (Å²) in [6, 6.07) is 10.7. The number of benzene rings is 2. The molecule has 1 N–H and O–H groups in total. The molecule has 30 heavy (non-hydrogen) atoms. The molecule has 0 radical (unpaired) electrons. The number of rotatable bonds is 8. The smallest absolute Gasteiger partial charge is 0.258 e. The molecule has 8 nitrogen and oxygen atoms in total. The minimum atomic E-state index is -3.53. The summed E-state index contributed by atoms with van der Waals surface area (Å²) in [4.78, 5) is 12.6. The largest absolute Gasteiger partial charge is 0.497 e. The van der Waals surface area contributed by atoms with Crippen LogP contribution in [0.1, 0.15) is 21.5 Å². The van der Waals surface area contributed by atoms with Crippen molar-refractivity contribution in [3.8, 4) is 17.2 Å². The Morgan fingerprint density at radius 1 is 1.03 bits per heavy atom. The van der Waals surface area contributed by atoms with Crippen LogP contribution in [-0.2, 0) is 23.0 Å². The van der Waals surface area contributed by atoms with Crippen LogP contribution in [0.15, 0.2) is 36.4 Å². The maximum atomic E-state index is 12.8. The first-order valence-corrected chi connectivity index (χ1v) is 11.1. The van der Waals surface area contributed by atoms with Gasteiger partial charge in [-0.1, -0.05) is 12.1 Å². The molecule has 0 unspecified atom stereocenters. The highest BCUT2D eigenvalue weighted by Crippen LogP contribution is 2.28. The average Bonchev–Trinajstić information content (AvgIpc) is 2.77. The van der Waals surface area contributed by atoms with Gasteiger partial charge in [0.2, 0.25) is 10.0 Å². The van der Waals surface area contributed by atoms with Crippen LogP contribution in [0.3, 0.4) is 0 Å². The number of amides is 1. The van der Waals surface area contributed by atoms with Crippen LogP contribution in [0.5, 0.6) is 17.2 Å². The zero-order chi connectivity index (χ0) is 21.7. The predicted octanol–water partition coefficient (Wildman–Crippen LogP) is 1.83. The Balaban J connectivity index is 1.63. The van der Waals surface area contributed by atoms with Crippen LogP contribution < -0.4 is 19.5 Å².